The van der Waals surface area contributed by atoms with Gasteiger partial charge in [-0.2, -0.15) is 0 Å². The zero-order valence-corrected chi connectivity index (χ0v) is 11.6. The van der Waals surface area contributed by atoms with E-state index >= 15 is 0 Å². The molecule has 0 amide bonds. The molecule has 0 heterocycles. The summed E-state index contributed by atoms with van der Waals surface area (Å²) in [5.74, 6) is 0. The van der Waals surface area contributed by atoms with Gasteiger partial charge in [0.25, 0.3) is 0 Å². The molecular weight excluding hydrogens is 216 g/mol. The summed E-state index contributed by atoms with van der Waals surface area (Å²) in [5, 5.41) is 0. The zero-order chi connectivity index (χ0) is 11.2. The summed E-state index contributed by atoms with van der Waals surface area (Å²) in [6.07, 6.45) is 1.85. The van der Waals surface area contributed by atoms with Crippen LogP contribution in [0.15, 0.2) is 12.7 Å². The van der Waals surface area contributed by atoms with Gasteiger partial charge in [0.1, 0.15) is 0 Å². The molecule has 0 aromatic rings. The van der Waals surface area contributed by atoms with E-state index in [9.17, 15) is 0 Å². The first kappa shape index (κ1) is 14.0. The highest BCUT2D eigenvalue weighted by atomic mass is 28.5. The minimum absolute atomic E-state index is 0.845. The summed E-state index contributed by atoms with van der Waals surface area (Å²) in [6.45, 7) is 7.85. The van der Waals surface area contributed by atoms with Crippen molar-refractivity contribution in [2.45, 2.75) is 19.1 Å². The topological polar surface area (TPSA) is 36.9 Å². The highest BCUT2D eigenvalue weighted by molar-refractivity contribution is 6.79. The predicted octanol–water partition coefficient (Wildman–Crippen LogP) is 1.77. The van der Waals surface area contributed by atoms with Crippen molar-refractivity contribution in [3.63, 3.8) is 0 Å². The number of rotatable bonds is 7. The Morgan fingerprint density at radius 3 is 1.79 bits per heavy atom. The van der Waals surface area contributed by atoms with E-state index in [0.29, 0.717) is 0 Å². The average Bonchev–Trinajstić information content (AvgIpc) is 2.14. The molecule has 4 nitrogen and oxygen atoms in total. The van der Waals surface area contributed by atoms with Crippen molar-refractivity contribution in [3.05, 3.63) is 12.7 Å². The van der Waals surface area contributed by atoms with Gasteiger partial charge in [0, 0.05) is 21.3 Å². The van der Waals surface area contributed by atoms with Crippen LogP contribution in [0.3, 0.4) is 0 Å². The first-order chi connectivity index (χ1) is 6.45. The zero-order valence-electron chi connectivity index (χ0n) is 9.62. The second-order valence-corrected chi connectivity index (χ2v) is 10.4. The maximum absolute atomic E-state index is 5.85. The molecule has 0 saturated heterocycles. The Bertz CT molecular complexity index is 172. The molecule has 0 bridgehead atoms. The molecule has 14 heavy (non-hydrogen) atoms. The molecule has 6 heteroatoms. The third kappa shape index (κ3) is 4.03. The van der Waals surface area contributed by atoms with E-state index in [1.54, 1.807) is 0 Å². The van der Waals surface area contributed by atoms with Gasteiger partial charge in [0.2, 0.25) is 0 Å². The quantitative estimate of drug-likeness (QED) is 0.499. The van der Waals surface area contributed by atoms with Crippen molar-refractivity contribution < 1.29 is 17.4 Å². The van der Waals surface area contributed by atoms with Gasteiger partial charge in [-0.25, -0.2) is 0 Å². The molecule has 0 fully saturated rings. The molecule has 0 aliphatic heterocycles. The van der Waals surface area contributed by atoms with Gasteiger partial charge in [-0.1, -0.05) is 6.08 Å². The molecule has 0 aromatic carbocycles. The van der Waals surface area contributed by atoms with Crippen molar-refractivity contribution in [1.29, 1.82) is 0 Å². The van der Waals surface area contributed by atoms with Crippen molar-refractivity contribution in [1.82, 2.24) is 0 Å². The normalized spacial score (nSPS) is 12.9. The molecule has 0 radical (unpaired) electrons. The molecule has 0 aliphatic carbocycles. The lowest BCUT2D eigenvalue weighted by Crippen LogP contribution is -2.53. The molecule has 0 atom stereocenters. The average molecular weight is 236 g/mol. The van der Waals surface area contributed by atoms with Crippen LogP contribution in [-0.4, -0.2) is 38.7 Å². The van der Waals surface area contributed by atoms with Crippen molar-refractivity contribution in [2.75, 3.05) is 21.3 Å². The molecular formula is C8H20O4Si2. The third-order valence-corrected chi connectivity index (χ3v) is 7.77. The van der Waals surface area contributed by atoms with E-state index in [0.717, 1.165) is 6.04 Å². The maximum Gasteiger partial charge on any atom is 0.668 e. The summed E-state index contributed by atoms with van der Waals surface area (Å²) in [5.41, 5.74) is 0. The number of hydrogen-bond acceptors (Lipinski definition) is 4. The molecule has 0 aromatic heterocycles. The predicted molar refractivity (Wildman–Crippen MR) is 60.4 cm³/mol. The maximum atomic E-state index is 5.85. The van der Waals surface area contributed by atoms with Crippen molar-refractivity contribution >= 4 is 17.4 Å². The lowest BCUT2D eigenvalue weighted by atomic mass is 10.8. The Morgan fingerprint density at radius 2 is 1.50 bits per heavy atom. The second-order valence-electron chi connectivity index (χ2n) is 3.47. The fourth-order valence-corrected chi connectivity index (χ4v) is 6.34. The Morgan fingerprint density at radius 1 is 1.07 bits per heavy atom. The van der Waals surface area contributed by atoms with Gasteiger partial charge in [-0.3, -0.25) is 0 Å². The minimum atomic E-state index is -2.88. The third-order valence-electron chi connectivity index (χ3n) is 1.79. The molecule has 0 spiro atoms. The van der Waals surface area contributed by atoms with Crippen LogP contribution in [0, 0.1) is 0 Å². The van der Waals surface area contributed by atoms with Crippen molar-refractivity contribution in [3.8, 4) is 0 Å². The second kappa shape index (κ2) is 5.79. The molecule has 0 unspecified atom stereocenters. The lowest BCUT2D eigenvalue weighted by molar-refractivity contribution is 0.0481. The Hall–Kier alpha value is 0.0138. The standard InChI is InChI=1S/C8H20O4Si2/c1-7-8-13(5,6)12-14(9-2,10-3)11-4/h7H,1,8H2,2-6H3. The van der Waals surface area contributed by atoms with Crippen LogP contribution >= 0.6 is 0 Å². The first-order valence-electron chi connectivity index (χ1n) is 4.42. The van der Waals surface area contributed by atoms with E-state index in [1.807, 2.05) is 6.08 Å². The molecule has 0 aliphatic rings. The fraction of sp³-hybridized carbons (Fsp3) is 0.750. The SMILES string of the molecule is C=CC[Si](C)(C)O[Si](OC)(OC)OC. The van der Waals surface area contributed by atoms with E-state index in [-0.39, 0.29) is 0 Å². The van der Waals surface area contributed by atoms with Crippen LogP contribution in [0.1, 0.15) is 0 Å². The van der Waals surface area contributed by atoms with Gasteiger partial charge in [0.05, 0.1) is 0 Å². The molecule has 0 N–H and O–H groups in total. The fourth-order valence-electron chi connectivity index (χ4n) is 1.10. The van der Waals surface area contributed by atoms with E-state index in [1.165, 1.54) is 21.3 Å². The van der Waals surface area contributed by atoms with Gasteiger partial charge in [-0.15, -0.1) is 6.58 Å². The smallest absolute Gasteiger partial charge is 0.394 e. The summed E-state index contributed by atoms with van der Waals surface area (Å²) in [4.78, 5) is 0. The van der Waals surface area contributed by atoms with Crippen LogP contribution in [-0.2, 0) is 17.4 Å². The van der Waals surface area contributed by atoms with Gasteiger partial charge >= 0.3 is 9.05 Å². The Kier molecular flexibility index (Phi) is 5.79. The Balaban J connectivity index is 4.49. The first-order valence-corrected chi connectivity index (χ1v) is 9.16. The van der Waals surface area contributed by atoms with Crippen LogP contribution in [0.25, 0.3) is 0 Å². The minimum Gasteiger partial charge on any atom is -0.394 e. The summed E-state index contributed by atoms with van der Waals surface area (Å²) >= 11 is 0. The Labute approximate surface area is 88.4 Å². The number of hydrogen-bond donors (Lipinski definition) is 0. The largest absolute Gasteiger partial charge is 0.668 e. The monoisotopic (exact) mass is 236 g/mol. The molecule has 0 rings (SSSR count). The van der Waals surface area contributed by atoms with Crippen LogP contribution < -0.4 is 0 Å². The lowest BCUT2D eigenvalue weighted by Gasteiger charge is -2.31. The van der Waals surface area contributed by atoms with Crippen LogP contribution in [0.5, 0.6) is 0 Å². The summed E-state index contributed by atoms with van der Waals surface area (Å²) < 4.78 is 21.4. The highest BCUT2D eigenvalue weighted by Gasteiger charge is 2.47. The van der Waals surface area contributed by atoms with Gasteiger partial charge < -0.3 is 17.4 Å². The van der Waals surface area contributed by atoms with Gasteiger partial charge in [-0.05, 0) is 19.1 Å². The summed E-state index contributed by atoms with van der Waals surface area (Å²) in [7, 11) is -0.0912. The summed E-state index contributed by atoms with van der Waals surface area (Å²) in [6, 6.07) is 0.845. The van der Waals surface area contributed by atoms with Crippen molar-refractivity contribution in [2.24, 2.45) is 0 Å². The highest BCUT2D eigenvalue weighted by Crippen LogP contribution is 2.19. The number of allylic oxidation sites excluding steroid dienone is 1. The molecule has 84 valence electrons. The van der Waals surface area contributed by atoms with E-state index < -0.39 is 17.4 Å². The van der Waals surface area contributed by atoms with Crippen LogP contribution in [0.2, 0.25) is 19.1 Å². The van der Waals surface area contributed by atoms with Gasteiger partial charge in [0.15, 0.2) is 8.32 Å². The van der Waals surface area contributed by atoms with Crippen LogP contribution in [0.4, 0.5) is 0 Å². The van der Waals surface area contributed by atoms with E-state index in [4.69, 9.17) is 17.4 Å². The molecule has 0 saturated carbocycles. The van der Waals surface area contributed by atoms with E-state index in [2.05, 4.69) is 19.7 Å².